The van der Waals surface area contributed by atoms with Gasteiger partial charge in [-0.3, -0.25) is 0 Å². The van der Waals surface area contributed by atoms with Crippen molar-refractivity contribution in [2.75, 3.05) is 31.2 Å². The van der Waals surface area contributed by atoms with Gasteiger partial charge in [0.25, 0.3) is 0 Å². The van der Waals surface area contributed by atoms with Gasteiger partial charge in [-0.25, -0.2) is 9.97 Å². The van der Waals surface area contributed by atoms with E-state index in [0.717, 1.165) is 37.8 Å². The summed E-state index contributed by atoms with van der Waals surface area (Å²) in [5.74, 6) is 0.769. The highest BCUT2D eigenvalue weighted by molar-refractivity contribution is 5.30. The van der Waals surface area contributed by atoms with Crippen LogP contribution < -0.4 is 10.6 Å². The summed E-state index contributed by atoms with van der Waals surface area (Å²) in [7, 11) is 0. The van der Waals surface area contributed by atoms with E-state index in [9.17, 15) is 0 Å². The largest absolute Gasteiger partial charge is 0.378 e. The molecular weight excluding hydrogens is 180 g/mol. The van der Waals surface area contributed by atoms with Crippen LogP contribution in [0.5, 0.6) is 0 Å². The Hall–Kier alpha value is -1.20. The number of aromatic nitrogens is 2. The molecular formula is C9H14N4O. The van der Waals surface area contributed by atoms with Gasteiger partial charge in [0.05, 0.1) is 13.2 Å². The summed E-state index contributed by atoms with van der Waals surface area (Å²) in [6.07, 6.45) is 3.55. The molecule has 1 aliphatic heterocycles. The Morgan fingerprint density at radius 2 is 1.93 bits per heavy atom. The van der Waals surface area contributed by atoms with E-state index in [1.807, 2.05) is 0 Å². The van der Waals surface area contributed by atoms with Crippen LogP contribution >= 0.6 is 0 Å². The van der Waals surface area contributed by atoms with Crippen molar-refractivity contribution in [3.8, 4) is 0 Å². The Bertz CT molecular complexity index is 281. The molecule has 5 heteroatoms. The van der Waals surface area contributed by atoms with Crippen molar-refractivity contribution in [1.82, 2.24) is 9.97 Å². The molecule has 0 bridgehead atoms. The van der Waals surface area contributed by atoms with E-state index in [1.165, 1.54) is 0 Å². The molecule has 2 N–H and O–H groups in total. The van der Waals surface area contributed by atoms with Crippen molar-refractivity contribution in [2.45, 2.75) is 6.54 Å². The molecule has 1 aliphatic rings. The molecule has 1 aromatic heterocycles. The van der Waals surface area contributed by atoms with Crippen LogP contribution in [-0.2, 0) is 11.3 Å². The third kappa shape index (κ3) is 2.00. The predicted octanol–water partition coefficient (Wildman–Crippen LogP) is -0.228. The van der Waals surface area contributed by atoms with Gasteiger partial charge >= 0.3 is 0 Å². The smallest absolute Gasteiger partial charge is 0.225 e. The summed E-state index contributed by atoms with van der Waals surface area (Å²) >= 11 is 0. The first-order chi connectivity index (χ1) is 6.90. The molecule has 0 amide bonds. The van der Waals surface area contributed by atoms with Crippen molar-refractivity contribution in [3.63, 3.8) is 0 Å². The van der Waals surface area contributed by atoms with Gasteiger partial charge in [0.15, 0.2) is 0 Å². The Morgan fingerprint density at radius 1 is 1.29 bits per heavy atom. The summed E-state index contributed by atoms with van der Waals surface area (Å²) in [5, 5.41) is 0. The molecule has 0 saturated carbocycles. The Morgan fingerprint density at radius 3 is 2.50 bits per heavy atom. The highest BCUT2D eigenvalue weighted by Crippen LogP contribution is 2.08. The van der Waals surface area contributed by atoms with Gasteiger partial charge in [-0.15, -0.1) is 0 Å². The Labute approximate surface area is 82.9 Å². The molecule has 0 aliphatic carbocycles. The van der Waals surface area contributed by atoms with Gasteiger partial charge in [-0.2, -0.15) is 0 Å². The van der Waals surface area contributed by atoms with E-state index >= 15 is 0 Å². The average molecular weight is 194 g/mol. The minimum atomic E-state index is 0.489. The van der Waals surface area contributed by atoms with E-state index < -0.39 is 0 Å². The van der Waals surface area contributed by atoms with E-state index in [0.29, 0.717) is 6.54 Å². The van der Waals surface area contributed by atoms with Crippen LogP contribution in [0.4, 0.5) is 5.95 Å². The van der Waals surface area contributed by atoms with Crippen LogP contribution in [0.2, 0.25) is 0 Å². The minimum Gasteiger partial charge on any atom is -0.378 e. The lowest BCUT2D eigenvalue weighted by Crippen LogP contribution is -2.37. The summed E-state index contributed by atoms with van der Waals surface area (Å²) < 4.78 is 5.25. The molecule has 1 aromatic rings. The topological polar surface area (TPSA) is 64.3 Å². The monoisotopic (exact) mass is 194 g/mol. The molecule has 2 heterocycles. The van der Waals surface area contributed by atoms with Gasteiger partial charge in [-0.05, 0) is 0 Å². The molecule has 1 saturated heterocycles. The summed E-state index contributed by atoms with van der Waals surface area (Å²) in [5.41, 5.74) is 6.42. The lowest BCUT2D eigenvalue weighted by molar-refractivity contribution is 0.122. The van der Waals surface area contributed by atoms with Crippen LogP contribution in [0.1, 0.15) is 5.56 Å². The predicted molar refractivity (Wildman–Crippen MR) is 53.0 cm³/mol. The van der Waals surface area contributed by atoms with Gasteiger partial charge < -0.3 is 15.4 Å². The third-order valence-corrected chi connectivity index (χ3v) is 2.22. The first kappa shape index (κ1) is 9.36. The molecule has 1 fully saturated rings. The number of anilines is 1. The second kappa shape index (κ2) is 4.34. The number of rotatable bonds is 2. The molecule has 0 unspecified atom stereocenters. The fourth-order valence-corrected chi connectivity index (χ4v) is 1.38. The lowest BCUT2D eigenvalue weighted by Gasteiger charge is -2.26. The van der Waals surface area contributed by atoms with Crippen LogP contribution in [-0.4, -0.2) is 36.3 Å². The zero-order chi connectivity index (χ0) is 9.80. The van der Waals surface area contributed by atoms with Crippen LogP contribution in [0.15, 0.2) is 12.4 Å². The summed E-state index contributed by atoms with van der Waals surface area (Å²) in [6, 6.07) is 0. The van der Waals surface area contributed by atoms with Gasteiger partial charge in [0.2, 0.25) is 5.95 Å². The van der Waals surface area contributed by atoms with E-state index in [4.69, 9.17) is 10.5 Å². The molecule has 76 valence electrons. The van der Waals surface area contributed by atoms with Crippen LogP contribution in [0, 0.1) is 0 Å². The molecule has 2 rings (SSSR count). The van der Waals surface area contributed by atoms with Gasteiger partial charge in [-0.1, -0.05) is 0 Å². The number of nitrogens with zero attached hydrogens (tertiary/aromatic N) is 3. The lowest BCUT2D eigenvalue weighted by atomic mass is 10.3. The third-order valence-electron chi connectivity index (χ3n) is 2.22. The zero-order valence-corrected chi connectivity index (χ0v) is 8.02. The zero-order valence-electron chi connectivity index (χ0n) is 8.02. The van der Waals surface area contributed by atoms with Crippen LogP contribution in [0.25, 0.3) is 0 Å². The van der Waals surface area contributed by atoms with Crippen molar-refractivity contribution in [1.29, 1.82) is 0 Å². The highest BCUT2D eigenvalue weighted by Gasteiger charge is 2.12. The minimum absolute atomic E-state index is 0.489. The normalized spacial score (nSPS) is 17.1. The molecule has 0 atom stereocenters. The Balaban J connectivity index is 2.07. The van der Waals surface area contributed by atoms with Crippen molar-refractivity contribution >= 4 is 5.95 Å². The van der Waals surface area contributed by atoms with E-state index in [-0.39, 0.29) is 0 Å². The van der Waals surface area contributed by atoms with Crippen molar-refractivity contribution < 1.29 is 4.74 Å². The second-order valence-electron chi connectivity index (χ2n) is 3.19. The van der Waals surface area contributed by atoms with Crippen molar-refractivity contribution in [2.24, 2.45) is 5.73 Å². The average Bonchev–Trinajstić information content (AvgIpc) is 2.30. The maximum atomic E-state index is 5.46. The number of ether oxygens (including phenoxy) is 1. The first-order valence-corrected chi connectivity index (χ1v) is 4.74. The maximum absolute atomic E-state index is 5.46. The molecule has 0 spiro atoms. The Kier molecular flexibility index (Phi) is 2.90. The van der Waals surface area contributed by atoms with E-state index in [1.54, 1.807) is 12.4 Å². The number of morpholine rings is 1. The second-order valence-corrected chi connectivity index (χ2v) is 3.19. The number of hydrogen-bond acceptors (Lipinski definition) is 5. The standard InChI is InChI=1S/C9H14N4O/c10-5-8-6-11-9(12-7-8)13-1-3-14-4-2-13/h6-7H,1-5,10H2. The highest BCUT2D eigenvalue weighted by atomic mass is 16.5. The number of hydrogen-bond donors (Lipinski definition) is 1. The first-order valence-electron chi connectivity index (χ1n) is 4.74. The summed E-state index contributed by atoms with van der Waals surface area (Å²) in [6.45, 7) is 3.72. The summed E-state index contributed by atoms with van der Waals surface area (Å²) in [4.78, 5) is 10.6. The van der Waals surface area contributed by atoms with Gasteiger partial charge in [0.1, 0.15) is 0 Å². The molecule has 14 heavy (non-hydrogen) atoms. The molecule has 0 radical (unpaired) electrons. The quantitative estimate of drug-likeness (QED) is 0.704. The van der Waals surface area contributed by atoms with Crippen LogP contribution in [0.3, 0.4) is 0 Å². The molecule has 5 nitrogen and oxygen atoms in total. The number of nitrogens with two attached hydrogens (primary N) is 1. The SMILES string of the molecule is NCc1cnc(N2CCOCC2)nc1. The van der Waals surface area contributed by atoms with Gasteiger partial charge in [0, 0.05) is 37.6 Å². The van der Waals surface area contributed by atoms with Crippen molar-refractivity contribution in [3.05, 3.63) is 18.0 Å². The maximum Gasteiger partial charge on any atom is 0.225 e. The fraction of sp³-hybridized carbons (Fsp3) is 0.556. The fourth-order valence-electron chi connectivity index (χ4n) is 1.38. The molecule has 0 aromatic carbocycles. The van der Waals surface area contributed by atoms with E-state index in [2.05, 4.69) is 14.9 Å².